The maximum Gasteiger partial charge on any atom is 0.407 e. The Morgan fingerprint density at radius 3 is 1.98 bits per heavy atom. The first kappa shape index (κ1) is 41.9. The first-order chi connectivity index (χ1) is 27.8. The molecule has 0 spiro atoms. The Kier molecular flexibility index (Phi) is 13.2. The number of aromatic nitrogens is 4. The van der Waals surface area contributed by atoms with Crippen LogP contribution in [-0.2, 0) is 38.7 Å². The largest absolute Gasteiger partial charge is 0.453 e. The maximum absolute atomic E-state index is 13.7. The zero-order chi connectivity index (χ0) is 41.7. The summed E-state index contributed by atoms with van der Waals surface area (Å²) in [7, 11) is 4.70. The zero-order valence-electron chi connectivity index (χ0n) is 34.8. The van der Waals surface area contributed by atoms with Crippen LogP contribution < -0.4 is 10.6 Å². The molecule has 15 heteroatoms. The molecule has 6 rings (SSSR count). The molecule has 1 fully saturated rings. The van der Waals surface area contributed by atoms with E-state index in [1.807, 2.05) is 45.7 Å². The Bertz CT molecular complexity index is 2110. The average molecular weight is 796 g/mol. The standard InChI is InChI=1S/C43H57N9O6/c1-9-16-51(40(53)37(25(2)3)48-42(55)57-7)24-36-44-20-33(46-36)27-12-14-31-29(18-27)22-50(6)23-30-19-28(13-15-32(30)31)34-21-45-39(47-34)35-11-10-17-52(35)41(54)38(26(4)5)49-43(56)58-8/h12-15,18-21,25-26,35,37-38H,9-11,16-17,22-24H2,1-8H3,(H,44,46)(H,45,47)(H,48,55)(H,49,56)/t35-,37-,38-/m0/s1. The maximum atomic E-state index is 13.7. The van der Waals surface area contributed by atoms with E-state index in [4.69, 9.17) is 14.5 Å². The van der Waals surface area contributed by atoms with Crippen molar-refractivity contribution in [2.45, 2.75) is 91.6 Å². The monoisotopic (exact) mass is 795 g/mol. The third-order valence-electron chi connectivity index (χ3n) is 11.0. The molecule has 310 valence electrons. The van der Waals surface area contributed by atoms with Crippen molar-refractivity contribution in [3.05, 3.63) is 71.6 Å². The van der Waals surface area contributed by atoms with Crippen molar-refractivity contribution in [3.63, 3.8) is 0 Å². The molecule has 4 N–H and O–H groups in total. The highest BCUT2D eigenvalue weighted by atomic mass is 16.5. The van der Waals surface area contributed by atoms with Crippen LogP contribution in [0.2, 0.25) is 0 Å². The Labute approximate surface area is 340 Å². The van der Waals surface area contributed by atoms with Crippen molar-refractivity contribution in [2.75, 3.05) is 34.4 Å². The molecular formula is C43H57N9O6. The second-order valence-corrected chi connectivity index (χ2v) is 16.0. The summed E-state index contributed by atoms with van der Waals surface area (Å²) in [4.78, 5) is 73.4. The molecule has 4 amide bonds. The molecule has 0 aliphatic carbocycles. The molecular weight excluding hydrogens is 739 g/mol. The van der Waals surface area contributed by atoms with Gasteiger partial charge in [0.1, 0.15) is 23.7 Å². The van der Waals surface area contributed by atoms with Crippen LogP contribution in [0.25, 0.3) is 33.6 Å². The molecule has 4 heterocycles. The van der Waals surface area contributed by atoms with Crippen LogP contribution in [-0.4, -0.2) is 105 Å². The van der Waals surface area contributed by atoms with Gasteiger partial charge in [-0.05, 0) is 83.7 Å². The topological polar surface area (TPSA) is 178 Å². The first-order valence-corrected chi connectivity index (χ1v) is 20.1. The molecule has 58 heavy (non-hydrogen) atoms. The van der Waals surface area contributed by atoms with E-state index in [1.165, 1.54) is 30.9 Å². The van der Waals surface area contributed by atoms with E-state index >= 15 is 0 Å². The van der Waals surface area contributed by atoms with E-state index in [-0.39, 0.29) is 36.2 Å². The van der Waals surface area contributed by atoms with Gasteiger partial charge >= 0.3 is 12.2 Å². The number of nitrogens with zero attached hydrogens (tertiary/aromatic N) is 5. The number of methoxy groups -OCH3 is 2. The molecule has 15 nitrogen and oxygen atoms in total. The normalized spacial score (nSPS) is 16.3. The van der Waals surface area contributed by atoms with Crippen molar-refractivity contribution in [1.29, 1.82) is 0 Å². The lowest BCUT2D eigenvalue weighted by Gasteiger charge is -2.30. The molecule has 2 aromatic heterocycles. The van der Waals surface area contributed by atoms with Crippen molar-refractivity contribution >= 4 is 24.0 Å². The molecule has 3 atom stereocenters. The fourth-order valence-corrected chi connectivity index (χ4v) is 8.00. The number of likely N-dealkylation sites (tertiary alicyclic amines) is 1. The van der Waals surface area contributed by atoms with Crippen molar-refractivity contribution in [3.8, 4) is 33.6 Å². The zero-order valence-corrected chi connectivity index (χ0v) is 34.8. The Hall–Kier alpha value is -5.70. The highest BCUT2D eigenvalue weighted by molar-refractivity contribution is 5.87. The van der Waals surface area contributed by atoms with E-state index in [0.29, 0.717) is 18.9 Å². The van der Waals surface area contributed by atoms with Crippen LogP contribution in [0.1, 0.15) is 82.7 Å². The minimum Gasteiger partial charge on any atom is -0.453 e. The minimum atomic E-state index is -0.715. The third-order valence-corrected chi connectivity index (χ3v) is 11.0. The number of H-pyrrole nitrogens is 2. The number of imidazole rings is 2. The van der Waals surface area contributed by atoms with Crippen LogP contribution in [0.3, 0.4) is 0 Å². The number of alkyl carbamates (subject to hydrolysis) is 2. The molecule has 4 aromatic rings. The van der Waals surface area contributed by atoms with Gasteiger partial charge in [0, 0.05) is 26.2 Å². The Morgan fingerprint density at radius 1 is 0.845 bits per heavy atom. The summed E-state index contributed by atoms with van der Waals surface area (Å²) in [6.07, 6.45) is 4.76. The lowest BCUT2D eigenvalue weighted by atomic mass is 9.93. The van der Waals surface area contributed by atoms with Crippen molar-refractivity contribution < 1.29 is 28.7 Å². The van der Waals surface area contributed by atoms with Gasteiger partial charge in [0.25, 0.3) is 0 Å². The summed E-state index contributed by atoms with van der Waals surface area (Å²) in [6.45, 7) is 12.5. The Balaban J connectivity index is 1.20. The Morgan fingerprint density at radius 2 is 1.41 bits per heavy atom. The number of aromatic amines is 2. The summed E-state index contributed by atoms with van der Waals surface area (Å²) in [5.74, 6) is 0.837. The first-order valence-electron chi connectivity index (χ1n) is 20.1. The van der Waals surface area contributed by atoms with E-state index in [1.54, 1.807) is 11.1 Å². The molecule has 0 unspecified atom stereocenters. The van der Waals surface area contributed by atoms with Gasteiger partial charge in [-0.1, -0.05) is 58.9 Å². The van der Waals surface area contributed by atoms with Gasteiger partial charge in [-0.2, -0.15) is 0 Å². The van der Waals surface area contributed by atoms with E-state index in [2.05, 4.69) is 73.9 Å². The highest BCUT2D eigenvalue weighted by Crippen LogP contribution is 2.38. The number of ether oxygens (including phenoxy) is 2. The summed E-state index contributed by atoms with van der Waals surface area (Å²) in [5, 5.41) is 5.40. The van der Waals surface area contributed by atoms with Gasteiger partial charge in [0.05, 0.1) is 50.6 Å². The van der Waals surface area contributed by atoms with E-state index in [0.717, 1.165) is 66.3 Å². The molecule has 2 aliphatic rings. The predicted octanol–water partition coefficient (Wildman–Crippen LogP) is 6.24. The average Bonchev–Trinajstić information content (AvgIpc) is 3.98. The smallest absolute Gasteiger partial charge is 0.407 e. The van der Waals surface area contributed by atoms with Crippen LogP contribution in [0, 0.1) is 11.8 Å². The van der Waals surface area contributed by atoms with Crippen LogP contribution in [0.4, 0.5) is 9.59 Å². The summed E-state index contributed by atoms with van der Waals surface area (Å²) in [5.41, 5.74) is 8.45. The van der Waals surface area contributed by atoms with Gasteiger partial charge in [-0.15, -0.1) is 0 Å². The number of nitrogens with one attached hydrogen (secondary N) is 4. The van der Waals surface area contributed by atoms with Gasteiger partial charge in [0.2, 0.25) is 11.8 Å². The van der Waals surface area contributed by atoms with Crippen LogP contribution in [0.5, 0.6) is 0 Å². The summed E-state index contributed by atoms with van der Waals surface area (Å²) < 4.78 is 9.55. The number of carbonyl (C=O) groups is 4. The number of hydrogen-bond donors (Lipinski definition) is 4. The van der Waals surface area contributed by atoms with Crippen LogP contribution >= 0.6 is 0 Å². The second kappa shape index (κ2) is 18.3. The quantitative estimate of drug-likeness (QED) is 0.122. The lowest BCUT2D eigenvalue weighted by Crippen LogP contribution is -2.51. The fraction of sp³-hybridized carbons (Fsp3) is 0.488. The predicted molar refractivity (Wildman–Crippen MR) is 220 cm³/mol. The molecule has 1 saturated heterocycles. The number of carbonyl (C=O) groups excluding carboxylic acids is 4. The molecule has 0 saturated carbocycles. The van der Waals surface area contributed by atoms with Gasteiger partial charge < -0.3 is 39.9 Å². The summed E-state index contributed by atoms with van der Waals surface area (Å²) in [6, 6.07) is 11.3. The number of amides is 4. The van der Waals surface area contributed by atoms with E-state index in [9.17, 15) is 19.2 Å². The lowest BCUT2D eigenvalue weighted by molar-refractivity contribution is -0.136. The number of benzene rings is 2. The fourth-order valence-electron chi connectivity index (χ4n) is 8.00. The van der Waals surface area contributed by atoms with E-state index < -0.39 is 24.3 Å². The second-order valence-electron chi connectivity index (χ2n) is 16.0. The molecule has 0 bridgehead atoms. The van der Waals surface area contributed by atoms with Crippen molar-refractivity contribution in [2.24, 2.45) is 11.8 Å². The molecule has 0 radical (unpaired) electrons. The minimum absolute atomic E-state index is 0.110. The highest BCUT2D eigenvalue weighted by Gasteiger charge is 2.37. The SMILES string of the molecule is CCCN(Cc1ncc(-c2ccc3c(c2)CN(C)Cc2cc(-c4cnc([C@@H]5CCCN5C(=O)[C@@H](NC(=O)OC)C(C)C)[nH]4)ccc2-3)[nH]1)C(=O)[C@@H](NC(=O)OC)C(C)C. The van der Waals surface area contributed by atoms with Crippen LogP contribution in [0.15, 0.2) is 48.8 Å². The van der Waals surface area contributed by atoms with Crippen molar-refractivity contribution in [1.82, 2.24) is 45.3 Å². The third kappa shape index (κ3) is 9.20. The molecule has 2 aliphatic heterocycles. The molecule has 2 aromatic carbocycles. The van der Waals surface area contributed by atoms with Gasteiger partial charge in [-0.25, -0.2) is 19.6 Å². The number of fused-ring (bicyclic) bond motifs is 3. The van der Waals surface area contributed by atoms with Gasteiger partial charge in [-0.3, -0.25) is 14.5 Å². The number of hydrogen-bond acceptors (Lipinski definition) is 9. The van der Waals surface area contributed by atoms with Gasteiger partial charge in [0.15, 0.2) is 0 Å². The summed E-state index contributed by atoms with van der Waals surface area (Å²) >= 11 is 0. The number of rotatable bonds is 13.